The summed E-state index contributed by atoms with van der Waals surface area (Å²) in [6.07, 6.45) is 3.86. The van der Waals surface area contributed by atoms with Crippen LogP contribution in [-0.2, 0) is 13.1 Å². The van der Waals surface area contributed by atoms with Crippen molar-refractivity contribution in [3.8, 4) is 0 Å². The Kier molecular flexibility index (Phi) is 5.97. The third kappa shape index (κ3) is 3.76. The lowest BCUT2D eigenvalue weighted by Crippen LogP contribution is -2.26. The van der Waals surface area contributed by atoms with E-state index in [0.29, 0.717) is 25.3 Å². The second-order valence-corrected chi connectivity index (χ2v) is 5.52. The molecule has 2 amide bonds. The first-order chi connectivity index (χ1) is 11.5. The first-order valence-electron chi connectivity index (χ1n) is 7.90. The van der Waals surface area contributed by atoms with E-state index in [1.54, 1.807) is 10.9 Å². The zero-order valence-electron chi connectivity index (χ0n) is 14.0. The molecule has 0 fully saturated rings. The fraction of sp³-hybridized carbons (Fsp3) is 0.467. The average Bonchev–Trinajstić information content (AvgIpc) is 3.15. The highest BCUT2D eigenvalue weighted by molar-refractivity contribution is 6.34. The zero-order chi connectivity index (χ0) is 17.7. The molecule has 0 radical (unpaired) electrons. The van der Waals surface area contributed by atoms with Crippen LogP contribution in [0, 0.1) is 0 Å². The molecule has 0 bridgehead atoms. The van der Waals surface area contributed by atoms with E-state index in [9.17, 15) is 9.59 Å². The Morgan fingerprint density at radius 1 is 1.21 bits per heavy atom. The van der Waals surface area contributed by atoms with Crippen molar-refractivity contribution in [3.63, 3.8) is 0 Å². The van der Waals surface area contributed by atoms with Crippen molar-refractivity contribution in [3.05, 3.63) is 28.8 Å². The predicted octanol–water partition coefficient (Wildman–Crippen LogP) is 2.16. The summed E-state index contributed by atoms with van der Waals surface area (Å²) >= 11 is 6.04. The Hall–Kier alpha value is -2.35. The fourth-order valence-electron chi connectivity index (χ4n) is 2.17. The van der Waals surface area contributed by atoms with Gasteiger partial charge in [-0.15, -0.1) is 0 Å². The largest absolute Gasteiger partial charge is 0.351 e. The van der Waals surface area contributed by atoms with Crippen molar-refractivity contribution < 1.29 is 9.59 Å². The highest BCUT2D eigenvalue weighted by atomic mass is 35.5. The summed E-state index contributed by atoms with van der Waals surface area (Å²) in [6, 6.07) is 0. The lowest BCUT2D eigenvalue weighted by molar-refractivity contribution is 0.0948. The Morgan fingerprint density at radius 2 is 1.96 bits per heavy atom. The third-order valence-corrected chi connectivity index (χ3v) is 3.67. The first-order valence-corrected chi connectivity index (χ1v) is 8.27. The predicted molar refractivity (Wildman–Crippen MR) is 91.4 cm³/mol. The molecular formula is C15H21ClN6O2. The monoisotopic (exact) mass is 352 g/mol. The maximum atomic E-state index is 12.5. The molecular weight excluding hydrogens is 332 g/mol. The Morgan fingerprint density at radius 3 is 2.58 bits per heavy atom. The molecule has 24 heavy (non-hydrogen) atoms. The van der Waals surface area contributed by atoms with Crippen LogP contribution in [0.25, 0.3) is 0 Å². The van der Waals surface area contributed by atoms with Crippen LogP contribution in [0.5, 0.6) is 0 Å². The van der Waals surface area contributed by atoms with Crippen molar-refractivity contribution >= 4 is 29.1 Å². The van der Waals surface area contributed by atoms with Gasteiger partial charge in [0.2, 0.25) is 0 Å². The van der Waals surface area contributed by atoms with Crippen LogP contribution in [0.15, 0.2) is 12.4 Å². The molecule has 130 valence electrons. The van der Waals surface area contributed by atoms with Gasteiger partial charge in [0.25, 0.3) is 11.8 Å². The number of halogens is 1. The molecule has 0 aromatic carbocycles. The van der Waals surface area contributed by atoms with E-state index < -0.39 is 5.91 Å². The Labute approximate surface area is 145 Å². The van der Waals surface area contributed by atoms with Crippen LogP contribution in [0.4, 0.5) is 5.69 Å². The minimum absolute atomic E-state index is 0.178. The second-order valence-electron chi connectivity index (χ2n) is 5.11. The number of aromatic nitrogens is 4. The molecule has 0 saturated carbocycles. The van der Waals surface area contributed by atoms with Crippen LogP contribution in [0.2, 0.25) is 5.02 Å². The third-order valence-electron chi connectivity index (χ3n) is 3.39. The molecule has 0 aliphatic heterocycles. The Bertz CT molecular complexity index is 736. The van der Waals surface area contributed by atoms with Gasteiger partial charge < -0.3 is 10.6 Å². The molecule has 0 aliphatic carbocycles. The van der Waals surface area contributed by atoms with Crippen LogP contribution in [0.3, 0.4) is 0 Å². The van der Waals surface area contributed by atoms with Gasteiger partial charge in [-0.1, -0.05) is 18.5 Å². The molecule has 2 N–H and O–H groups in total. The lowest BCUT2D eigenvalue weighted by Gasteiger charge is -2.07. The van der Waals surface area contributed by atoms with Gasteiger partial charge in [-0.3, -0.25) is 19.0 Å². The minimum Gasteiger partial charge on any atom is -0.351 e. The number of rotatable bonds is 7. The molecule has 2 rings (SSSR count). The molecule has 9 heteroatoms. The summed E-state index contributed by atoms with van der Waals surface area (Å²) in [5.41, 5.74) is 0.774. The quantitative estimate of drug-likeness (QED) is 0.798. The molecule has 0 spiro atoms. The number of hydrogen-bond donors (Lipinski definition) is 2. The summed E-state index contributed by atoms with van der Waals surface area (Å²) in [5.74, 6) is -0.756. The fourth-order valence-corrected chi connectivity index (χ4v) is 2.40. The van der Waals surface area contributed by atoms with E-state index in [1.807, 2.05) is 20.8 Å². The summed E-state index contributed by atoms with van der Waals surface area (Å²) in [4.78, 5) is 24.8. The van der Waals surface area contributed by atoms with E-state index in [4.69, 9.17) is 11.6 Å². The highest BCUT2D eigenvalue weighted by Gasteiger charge is 2.22. The average molecular weight is 353 g/mol. The van der Waals surface area contributed by atoms with Crippen molar-refractivity contribution in [2.24, 2.45) is 0 Å². The molecule has 2 heterocycles. The summed E-state index contributed by atoms with van der Waals surface area (Å²) in [7, 11) is 0. The van der Waals surface area contributed by atoms with Gasteiger partial charge in [0.15, 0.2) is 5.69 Å². The molecule has 0 saturated heterocycles. The van der Waals surface area contributed by atoms with Gasteiger partial charge in [-0.05, 0) is 20.3 Å². The van der Waals surface area contributed by atoms with Crippen LogP contribution in [0.1, 0.15) is 48.2 Å². The minimum atomic E-state index is -0.431. The molecule has 0 atom stereocenters. The lowest BCUT2D eigenvalue weighted by atomic mass is 10.3. The standard InChI is InChI=1S/C15H21ClN6O2/c1-4-7-17-14(23)12-11(9-21(5-2)20-12)19-15(24)13-10(16)8-18-22(13)6-3/h8-9H,4-7H2,1-3H3,(H,17,23)(H,19,24). The van der Waals surface area contributed by atoms with Gasteiger partial charge in [0, 0.05) is 25.8 Å². The summed E-state index contributed by atoms with van der Waals surface area (Å²) in [6.45, 7) is 7.35. The zero-order valence-corrected chi connectivity index (χ0v) is 14.7. The van der Waals surface area contributed by atoms with E-state index in [1.165, 1.54) is 10.9 Å². The van der Waals surface area contributed by atoms with E-state index in [-0.39, 0.29) is 22.3 Å². The SMILES string of the molecule is CCCNC(=O)c1nn(CC)cc1NC(=O)c1c(Cl)cnn1CC. The maximum Gasteiger partial charge on any atom is 0.275 e. The smallest absolute Gasteiger partial charge is 0.275 e. The number of amides is 2. The number of nitrogens with zero attached hydrogens (tertiary/aromatic N) is 4. The first kappa shape index (κ1) is 18.0. The van der Waals surface area contributed by atoms with Crippen LogP contribution < -0.4 is 10.6 Å². The van der Waals surface area contributed by atoms with Gasteiger partial charge in [-0.2, -0.15) is 10.2 Å². The molecule has 8 nitrogen and oxygen atoms in total. The molecule has 2 aromatic heterocycles. The van der Waals surface area contributed by atoms with Gasteiger partial charge in [-0.25, -0.2) is 0 Å². The number of carbonyl (C=O) groups excluding carboxylic acids is 2. The number of nitrogens with one attached hydrogen (secondary N) is 2. The van der Waals surface area contributed by atoms with Crippen molar-refractivity contribution in [1.29, 1.82) is 0 Å². The summed E-state index contributed by atoms with van der Waals surface area (Å²) in [5, 5.41) is 14.0. The van der Waals surface area contributed by atoms with Crippen molar-refractivity contribution in [1.82, 2.24) is 24.9 Å². The Balaban J connectivity index is 2.28. The number of anilines is 1. The highest BCUT2D eigenvalue weighted by Crippen LogP contribution is 2.19. The van der Waals surface area contributed by atoms with Gasteiger partial charge >= 0.3 is 0 Å². The normalized spacial score (nSPS) is 10.7. The van der Waals surface area contributed by atoms with Crippen LogP contribution in [-0.4, -0.2) is 37.9 Å². The van der Waals surface area contributed by atoms with Crippen LogP contribution >= 0.6 is 11.6 Å². The molecule has 0 aliphatic rings. The van der Waals surface area contributed by atoms with E-state index in [2.05, 4.69) is 20.8 Å². The van der Waals surface area contributed by atoms with Crippen molar-refractivity contribution in [2.45, 2.75) is 40.3 Å². The summed E-state index contributed by atoms with van der Waals surface area (Å²) < 4.78 is 3.09. The topological polar surface area (TPSA) is 93.8 Å². The van der Waals surface area contributed by atoms with Gasteiger partial charge in [0.1, 0.15) is 5.69 Å². The number of hydrogen-bond acceptors (Lipinski definition) is 4. The van der Waals surface area contributed by atoms with E-state index in [0.717, 1.165) is 6.42 Å². The van der Waals surface area contributed by atoms with E-state index >= 15 is 0 Å². The number of carbonyl (C=O) groups is 2. The molecule has 2 aromatic rings. The number of aryl methyl sites for hydroxylation is 2. The maximum absolute atomic E-state index is 12.5. The van der Waals surface area contributed by atoms with Crippen molar-refractivity contribution in [2.75, 3.05) is 11.9 Å². The second kappa shape index (κ2) is 7.96. The van der Waals surface area contributed by atoms with Gasteiger partial charge in [0.05, 0.1) is 16.9 Å². The molecule has 0 unspecified atom stereocenters.